The normalized spacial score (nSPS) is 13.5. The van der Waals surface area contributed by atoms with Crippen LogP contribution in [0, 0.1) is 6.92 Å². The van der Waals surface area contributed by atoms with Gasteiger partial charge in [0.05, 0.1) is 4.47 Å². The fourth-order valence-corrected chi connectivity index (χ4v) is 2.20. The number of fused-ring (bicyclic) bond motifs is 1. The first-order chi connectivity index (χ1) is 6.24. The van der Waals surface area contributed by atoms with Gasteiger partial charge in [0.1, 0.15) is 0 Å². The molecule has 1 heterocycles. The molecule has 4 heteroatoms. The number of benzene rings is 1. The quantitative estimate of drug-likeness (QED) is 0.821. The molecule has 0 aliphatic carbocycles. The Morgan fingerprint density at radius 3 is 3.00 bits per heavy atom. The molecule has 0 radical (unpaired) electrons. The Morgan fingerprint density at radius 1 is 1.54 bits per heavy atom. The number of hydrogen-bond acceptors (Lipinski definition) is 3. The van der Waals surface area contributed by atoms with Gasteiger partial charge in [0.15, 0.2) is 11.5 Å². The maximum atomic E-state index is 5.62. The third-order valence-corrected chi connectivity index (χ3v) is 2.97. The molecule has 2 rings (SSSR count). The molecule has 0 bridgehead atoms. The molecule has 1 aliphatic rings. The number of nitrogens with two attached hydrogens (primary N) is 1. The Morgan fingerprint density at radius 2 is 2.31 bits per heavy atom. The summed E-state index contributed by atoms with van der Waals surface area (Å²) in [5, 5.41) is 0. The van der Waals surface area contributed by atoms with Gasteiger partial charge in [-0.05, 0) is 40.0 Å². The van der Waals surface area contributed by atoms with Crippen molar-refractivity contribution in [3.8, 4) is 11.5 Å². The molecule has 0 aromatic heterocycles. The molecule has 1 aliphatic heterocycles. The first kappa shape index (κ1) is 8.84. The van der Waals surface area contributed by atoms with Crippen LogP contribution in [0.15, 0.2) is 10.5 Å². The zero-order valence-electron chi connectivity index (χ0n) is 7.26. The van der Waals surface area contributed by atoms with E-state index in [1.54, 1.807) is 0 Å². The summed E-state index contributed by atoms with van der Waals surface area (Å²) in [7, 11) is 0. The van der Waals surface area contributed by atoms with Gasteiger partial charge in [0, 0.05) is 6.54 Å². The highest BCUT2D eigenvalue weighted by Gasteiger charge is 2.20. The minimum Gasteiger partial charge on any atom is -0.454 e. The minimum absolute atomic E-state index is 0.293. The van der Waals surface area contributed by atoms with Crippen molar-refractivity contribution in [3.05, 3.63) is 21.7 Å². The number of ether oxygens (including phenoxy) is 2. The van der Waals surface area contributed by atoms with Gasteiger partial charge in [-0.15, -0.1) is 0 Å². The molecule has 0 spiro atoms. The predicted molar refractivity (Wildman–Crippen MR) is 52.9 cm³/mol. The van der Waals surface area contributed by atoms with E-state index < -0.39 is 0 Å². The topological polar surface area (TPSA) is 44.5 Å². The molecule has 3 nitrogen and oxygen atoms in total. The highest BCUT2D eigenvalue weighted by molar-refractivity contribution is 9.10. The van der Waals surface area contributed by atoms with E-state index in [-0.39, 0.29) is 0 Å². The summed E-state index contributed by atoms with van der Waals surface area (Å²) in [6.45, 7) is 2.80. The van der Waals surface area contributed by atoms with Gasteiger partial charge in [0.25, 0.3) is 0 Å². The number of rotatable bonds is 1. The third-order valence-electron chi connectivity index (χ3n) is 2.13. The molecular weight excluding hydrogens is 234 g/mol. The van der Waals surface area contributed by atoms with Gasteiger partial charge >= 0.3 is 0 Å². The van der Waals surface area contributed by atoms with Crippen LogP contribution in [-0.2, 0) is 6.54 Å². The molecule has 0 saturated heterocycles. The van der Waals surface area contributed by atoms with E-state index >= 15 is 0 Å². The second kappa shape index (κ2) is 3.20. The highest BCUT2D eigenvalue weighted by Crippen LogP contribution is 2.42. The van der Waals surface area contributed by atoms with Crippen molar-refractivity contribution in [1.82, 2.24) is 0 Å². The van der Waals surface area contributed by atoms with Crippen LogP contribution in [-0.4, -0.2) is 6.79 Å². The van der Waals surface area contributed by atoms with Gasteiger partial charge < -0.3 is 15.2 Å². The smallest absolute Gasteiger partial charge is 0.231 e. The van der Waals surface area contributed by atoms with Gasteiger partial charge in [-0.1, -0.05) is 0 Å². The highest BCUT2D eigenvalue weighted by atomic mass is 79.9. The zero-order chi connectivity index (χ0) is 9.42. The van der Waals surface area contributed by atoms with Gasteiger partial charge in [0.2, 0.25) is 6.79 Å². The Balaban J connectivity index is 2.62. The molecule has 2 N–H and O–H groups in total. The SMILES string of the molecule is Cc1cc2c(c(Br)c1CN)OCO2. The summed E-state index contributed by atoms with van der Waals surface area (Å²) in [6.07, 6.45) is 0. The molecule has 1 aromatic carbocycles. The fourth-order valence-electron chi connectivity index (χ4n) is 1.41. The van der Waals surface area contributed by atoms with Gasteiger partial charge in [-0.25, -0.2) is 0 Å². The second-order valence-electron chi connectivity index (χ2n) is 2.92. The average molecular weight is 244 g/mol. The number of halogens is 1. The summed E-state index contributed by atoms with van der Waals surface area (Å²) < 4.78 is 11.5. The maximum Gasteiger partial charge on any atom is 0.231 e. The van der Waals surface area contributed by atoms with Crippen LogP contribution >= 0.6 is 15.9 Å². The summed E-state index contributed by atoms with van der Waals surface area (Å²) >= 11 is 3.46. The van der Waals surface area contributed by atoms with Crippen LogP contribution < -0.4 is 15.2 Å². The van der Waals surface area contributed by atoms with Crippen molar-refractivity contribution >= 4 is 15.9 Å². The lowest BCUT2D eigenvalue weighted by atomic mass is 10.1. The molecule has 0 atom stereocenters. The molecule has 0 amide bonds. The van der Waals surface area contributed by atoms with E-state index in [0.717, 1.165) is 27.1 Å². The van der Waals surface area contributed by atoms with Crippen molar-refractivity contribution in [1.29, 1.82) is 0 Å². The first-order valence-corrected chi connectivity index (χ1v) is 4.81. The Kier molecular flexibility index (Phi) is 2.17. The number of hydrogen-bond donors (Lipinski definition) is 1. The second-order valence-corrected chi connectivity index (χ2v) is 3.72. The Bertz CT molecular complexity index is 348. The van der Waals surface area contributed by atoms with Crippen molar-refractivity contribution < 1.29 is 9.47 Å². The van der Waals surface area contributed by atoms with Crippen molar-refractivity contribution in [2.24, 2.45) is 5.73 Å². The van der Waals surface area contributed by atoms with E-state index in [1.807, 2.05) is 13.0 Å². The van der Waals surface area contributed by atoms with E-state index in [1.165, 1.54) is 0 Å². The molecule has 0 saturated carbocycles. The Labute approximate surface area is 85.0 Å². The molecule has 0 unspecified atom stereocenters. The summed E-state index contributed by atoms with van der Waals surface area (Å²) in [5.41, 5.74) is 7.82. The monoisotopic (exact) mass is 243 g/mol. The van der Waals surface area contributed by atoms with Crippen LogP contribution in [0.3, 0.4) is 0 Å². The van der Waals surface area contributed by atoms with Crippen LogP contribution in [0.25, 0.3) is 0 Å². The molecule has 70 valence electrons. The lowest BCUT2D eigenvalue weighted by Crippen LogP contribution is -2.00. The molecular formula is C9H10BrNO2. The molecule has 13 heavy (non-hydrogen) atoms. The van der Waals surface area contributed by atoms with Gasteiger partial charge in [-0.2, -0.15) is 0 Å². The van der Waals surface area contributed by atoms with Crippen molar-refractivity contribution in [3.63, 3.8) is 0 Å². The van der Waals surface area contributed by atoms with Crippen LogP contribution in [0.5, 0.6) is 11.5 Å². The summed E-state index contributed by atoms with van der Waals surface area (Å²) in [6, 6.07) is 1.95. The predicted octanol–water partition coefficient (Wildman–Crippen LogP) is 1.94. The Hall–Kier alpha value is -0.740. The third kappa shape index (κ3) is 1.30. The standard InChI is InChI=1S/C9H10BrNO2/c1-5-2-7-9(13-4-12-7)8(10)6(5)3-11/h2H,3-4,11H2,1H3. The van der Waals surface area contributed by atoms with Crippen LogP contribution in [0.4, 0.5) is 0 Å². The van der Waals surface area contributed by atoms with Crippen molar-refractivity contribution in [2.75, 3.05) is 6.79 Å². The van der Waals surface area contributed by atoms with Gasteiger partial charge in [-0.3, -0.25) is 0 Å². The van der Waals surface area contributed by atoms with Crippen LogP contribution in [0.1, 0.15) is 11.1 Å². The van der Waals surface area contributed by atoms with E-state index in [0.29, 0.717) is 13.3 Å². The molecule has 0 fully saturated rings. The van der Waals surface area contributed by atoms with Crippen LogP contribution in [0.2, 0.25) is 0 Å². The molecule has 1 aromatic rings. The lowest BCUT2D eigenvalue weighted by Gasteiger charge is -2.08. The van der Waals surface area contributed by atoms with Crippen molar-refractivity contribution in [2.45, 2.75) is 13.5 Å². The minimum atomic E-state index is 0.293. The average Bonchev–Trinajstić information content (AvgIpc) is 2.53. The van der Waals surface area contributed by atoms with E-state index in [4.69, 9.17) is 15.2 Å². The fraction of sp³-hybridized carbons (Fsp3) is 0.333. The summed E-state index contributed by atoms with van der Waals surface area (Å²) in [5.74, 6) is 1.56. The van der Waals surface area contributed by atoms with E-state index in [9.17, 15) is 0 Å². The lowest BCUT2D eigenvalue weighted by molar-refractivity contribution is 0.173. The van der Waals surface area contributed by atoms with E-state index in [2.05, 4.69) is 15.9 Å². The summed E-state index contributed by atoms with van der Waals surface area (Å²) in [4.78, 5) is 0. The largest absolute Gasteiger partial charge is 0.454 e. The zero-order valence-corrected chi connectivity index (χ0v) is 8.85. The maximum absolute atomic E-state index is 5.62. The first-order valence-electron chi connectivity index (χ1n) is 4.01. The number of aryl methyl sites for hydroxylation is 1.